The van der Waals surface area contributed by atoms with Crippen molar-refractivity contribution in [3.05, 3.63) is 53.9 Å². The van der Waals surface area contributed by atoms with Crippen LogP contribution in [0.2, 0.25) is 0 Å². The number of anilines is 2. The second kappa shape index (κ2) is 8.25. The van der Waals surface area contributed by atoms with Gasteiger partial charge in [0.2, 0.25) is 0 Å². The lowest BCUT2D eigenvalue weighted by Crippen LogP contribution is -2.25. The Morgan fingerprint density at radius 3 is 2.87 bits per heavy atom. The molecule has 0 aliphatic rings. The number of aliphatic hydroxyl groups is 1. The van der Waals surface area contributed by atoms with Gasteiger partial charge in [0.15, 0.2) is 11.6 Å². The van der Waals surface area contributed by atoms with Crippen molar-refractivity contribution in [3.8, 4) is 0 Å². The summed E-state index contributed by atoms with van der Waals surface area (Å²) in [6.45, 7) is 2.03. The average molecular weight is 423 g/mol. The first-order valence-corrected chi connectivity index (χ1v) is 9.69. The van der Waals surface area contributed by atoms with Crippen LogP contribution in [0.5, 0.6) is 0 Å². The lowest BCUT2D eigenvalue weighted by Gasteiger charge is -2.14. The van der Waals surface area contributed by atoms with Crippen LogP contribution in [0.4, 0.5) is 15.8 Å². The molecule has 0 spiro atoms. The number of aryl methyl sites for hydroxylation is 1. The summed E-state index contributed by atoms with van der Waals surface area (Å²) in [4.78, 5) is 21.5. The Labute approximate surface area is 177 Å². The van der Waals surface area contributed by atoms with Gasteiger partial charge in [0.25, 0.3) is 5.91 Å². The van der Waals surface area contributed by atoms with Gasteiger partial charge in [-0.3, -0.25) is 9.48 Å². The third-order valence-corrected chi connectivity index (χ3v) is 4.74. The fourth-order valence-electron chi connectivity index (χ4n) is 3.32. The van der Waals surface area contributed by atoms with Crippen LogP contribution in [-0.2, 0) is 13.7 Å². The molecule has 0 radical (unpaired) electrons. The summed E-state index contributed by atoms with van der Waals surface area (Å²) >= 11 is 0. The maximum Gasteiger partial charge on any atom is 0.257 e. The van der Waals surface area contributed by atoms with Gasteiger partial charge in [0, 0.05) is 54.2 Å². The van der Waals surface area contributed by atoms with Crippen molar-refractivity contribution in [3.63, 3.8) is 0 Å². The van der Waals surface area contributed by atoms with E-state index in [4.69, 9.17) is 5.73 Å². The molecule has 0 aliphatic carbocycles. The number of benzene rings is 2. The highest BCUT2D eigenvalue weighted by molar-refractivity contribution is 6.14. The number of hydrogen-bond donors (Lipinski definition) is 4. The van der Waals surface area contributed by atoms with E-state index in [-0.39, 0.29) is 29.6 Å². The molecule has 9 nitrogen and oxygen atoms in total. The van der Waals surface area contributed by atoms with E-state index in [2.05, 4.69) is 25.7 Å². The van der Waals surface area contributed by atoms with Gasteiger partial charge in [-0.1, -0.05) is 0 Å². The largest absolute Gasteiger partial charge is 0.388 e. The Kier molecular flexibility index (Phi) is 5.49. The molecule has 2 heterocycles. The molecule has 2 aromatic heterocycles. The summed E-state index contributed by atoms with van der Waals surface area (Å²) in [6, 6.07) is 6.16. The summed E-state index contributed by atoms with van der Waals surface area (Å²) in [6.07, 6.45) is 3.22. The van der Waals surface area contributed by atoms with Crippen molar-refractivity contribution in [1.29, 1.82) is 0 Å². The molecule has 0 unspecified atom stereocenters. The lowest BCUT2D eigenvalue weighted by atomic mass is 10.1. The van der Waals surface area contributed by atoms with Gasteiger partial charge in [-0.2, -0.15) is 5.10 Å². The summed E-state index contributed by atoms with van der Waals surface area (Å²) in [5, 5.41) is 20.6. The number of halogens is 1. The van der Waals surface area contributed by atoms with E-state index in [1.807, 2.05) is 6.92 Å². The second-order valence-electron chi connectivity index (χ2n) is 7.38. The SMILES string of the molecule is C[C@@H](N)CNc1ccc(C(=O)Nc2cc(F)c3nn(C)cc3c2)c2nc(CO)ncc12. The minimum atomic E-state index is -0.529. The lowest BCUT2D eigenvalue weighted by molar-refractivity contribution is 0.102. The number of aromatic nitrogens is 4. The number of hydrogen-bond acceptors (Lipinski definition) is 7. The van der Waals surface area contributed by atoms with Crippen LogP contribution in [-0.4, -0.2) is 43.3 Å². The van der Waals surface area contributed by atoms with Crippen molar-refractivity contribution in [2.75, 3.05) is 17.2 Å². The molecule has 0 saturated heterocycles. The number of carbonyl (C=O) groups is 1. The summed E-state index contributed by atoms with van der Waals surface area (Å²) in [5.41, 5.74) is 7.71. The molecular formula is C21H22FN7O2. The Bertz CT molecular complexity index is 1290. The minimum absolute atomic E-state index is 0.0760. The number of nitrogens with zero attached hydrogens (tertiary/aromatic N) is 4. The summed E-state index contributed by atoms with van der Waals surface area (Å²) in [5.74, 6) is -0.804. The molecule has 0 saturated carbocycles. The molecule has 0 aliphatic heterocycles. The number of amides is 1. The minimum Gasteiger partial charge on any atom is -0.388 e. The van der Waals surface area contributed by atoms with E-state index in [0.29, 0.717) is 28.5 Å². The molecule has 0 bridgehead atoms. The Morgan fingerprint density at radius 2 is 2.13 bits per heavy atom. The number of fused-ring (bicyclic) bond motifs is 2. The van der Waals surface area contributed by atoms with E-state index >= 15 is 0 Å². The zero-order valence-corrected chi connectivity index (χ0v) is 17.1. The van der Waals surface area contributed by atoms with E-state index in [1.165, 1.54) is 10.7 Å². The van der Waals surface area contributed by atoms with Gasteiger partial charge < -0.3 is 21.5 Å². The molecule has 10 heteroatoms. The molecule has 4 rings (SSSR count). The van der Waals surface area contributed by atoms with Crippen LogP contribution >= 0.6 is 0 Å². The van der Waals surface area contributed by atoms with Crippen molar-refractivity contribution in [2.45, 2.75) is 19.6 Å². The molecule has 31 heavy (non-hydrogen) atoms. The Balaban J connectivity index is 1.72. The molecule has 2 aromatic carbocycles. The third-order valence-electron chi connectivity index (χ3n) is 4.74. The van der Waals surface area contributed by atoms with Gasteiger partial charge in [0.1, 0.15) is 12.1 Å². The molecule has 5 N–H and O–H groups in total. The maximum absolute atomic E-state index is 14.4. The first kappa shape index (κ1) is 20.6. The predicted molar refractivity (Wildman–Crippen MR) is 116 cm³/mol. The molecular weight excluding hydrogens is 401 g/mol. The maximum atomic E-state index is 14.4. The first-order chi connectivity index (χ1) is 14.9. The Hall–Kier alpha value is -3.63. The van der Waals surface area contributed by atoms with Crippen LogP contribution < -0.4 is 16.4 Å². The van der Waals surface area contributed by atoms with Crippen LogP contribution in [0, 0.1) is 5.82 Å². The smallest absolute Gasteiger partial charge is 0.257 e. The van der Waals surface area contributed by atoms with Crippen molar-refractivity contribution >= 4 is 39.1 Å². The second-order valence-corrected chi connectivity index (χ2v) is 7.38. The van der Waals surface area contributed by atoms with Gasteiger partial charge >= 0.3 is 0 Å². The monoisotopic (exact) mass is 423 g/mol. The van der Waals surface area contributed by atoms with E-state index < -0.39 is 11.7 Å². The van der Waals surface area contributed by atoms with Crippen LogP contribution in [0.25, 0.3) is 21.8 Å². The van der Waals surface area contributed by atoms with Gasteiger partial charge in [-0.25, -0.2) is 14.4 Å². The molecule has 4 aromatic rings. The molecule has 0 fully saturated rings. The zero-order valence-electron chi connectivity index (χ0n) is 17.1. The number of rotatable bonds is 6. The number of nitrogens with one attached hydrogen (secondary N) is 2. The molecule has 1 amide bonds. The third kappa shape index (κ3) is 4.16. The van der Waals surface area contributed by atoms with Crippen molar-refractivity contribution < 1.29 is 14.3 Å². The highest BCUT2D eigenvalue weighted by Crippen LogP contribution is 2.27. The fraction of sp³-hybridized carbons (Fsp3) is 0.238. The van der Waals surface area contributed by atoms with Crippen LogP contribution in [0.3, 0.4) is 0 Å². The average Bonchev–Trinajstić information content (AvgIpc) is 3.12. The Morgan fingerprint density at radius 1 is 1.32 bits per heavy atom. The fourth-order valence-corrected chi connectivity index (χ4v) is 3.32. The van der Waals surface area contributed by atoms with Gasteiger partial charge in [-0.05, 0) is 31.2 Å². The number of carbonyl (C=O) groups excluding carboxylic acids is 1. The number of aliphatic hydroxyl groups excluding tert-OH is 1. The zero-order chi connectivity index (χ0) is 22.1. The molecule has 160 valence electrons. The van der Waals surface area contributed by atoms with E-state index in [1.54, 1.807) is 37.6 Å². The quantitative estimate of drug-likeness (QED) is 0.374. The molecule has 1 atom stereocenters. The predicted octanol–water partition coefficient (Wildman–Crippen LogP) is 2.16. The van der Waals surface area contributed by atoms with Gasteiger partial charge in [0.05, 0.1) is 11.1 Å². The number of nitrogens with two attached hydrogens (primary N) is 1. The first-order valence-electron chi connectivity index (χ1n) is 9.69. The topological polar surface area (TPSA) is 131 Å². The summed E-state index contributed by atoms with van der Waals surface area (Å²) in [7, 11) is 1.70. The highest BCUT2D eigenvalue weighted by Gasteiger charge is 2.17. The van der Waals surface area contributed by atoms with Crippen molar-refractivity contribution in [2.24, 2.45) is 12.8 Å². The standard InChI is InChI=1S/C21H22FN7O2/c1-11(23)7-24-17-4-3-14(20-15(17)8-25-18(10-30)27-20)21(31)26-13-5-12-9-29(2)28-19(12)16(22)6-13/h3-6,8-9,11,24,30H,7,10,23H2,1-2H3,(H,26,31)/t11-/m1/s1. The van der Waals surface area contributed by atoms with E-state index in [9.17, 15) is 14.3 Å². The highest BCUT2D eigenvalue weighted by atomic mass is 19.1. The van der Waals surface area contributed by atoms with Crippen LogP contribution in [0.15, 0.2) is 36.7 Å². The van der Waals surface area contributed by atoms with Crippen LogP contribution in [0.1, 0.15) is 23.1 Å². The van der Waals surface area contributed by atoms with Crippen molar-refractivity contribution in [1.82, 2.24) is 19.7 Å². The van der Waals surface area contributed by atoms with Gasteiger partial charge in [-0.15, -0.1) is 0 Å². The normalized spacial score (nSPS) is 12.3. The van der Waals surface area contributed by atoms with E-state index in [0.717, 1.165) is 5.69 Å². The summed E-state index contributed by atoms with van der Waals surface area (Å²) < 4.78 is 15.9.